The first-order valence-electron chi connectivity index (χ1n) is 10.0. The molecule has 0 nitrogen and oxygen atoms in total. The summed E-state index contributed by atoms with van der Waals surface area (Å²) in [5.74, 6) is 0. The van der Waals surface area contributed by atoms with Gasteiger partial charge in [-0.3, -0.25) is 0 Å². The Balaban J connectivity index is 3.49. The van der Waals surface area contributed by atoms with Crippen molar-refractivity contribution in [2.24, 2.45) is 10.8 Å². The molecule has 0 saturated heterocycles. The molecule has 0 fully saturated rings. The van der Waals surface area contributed by atoms with Gasteiger partial charge in [0.1, 0.15) is 0 Å². The van der Waals surface area contributed by atoms with E-state index < -0.39 is 0 Å². The van der Waals surface area contributed by atoms with Crippen LogP contribution in [0.1, 0.15) is 112 Å². The van der Waals surface area contributed by atoms with E-state index in [0.717, 1.165) is 12.7 Å². The van der Waals surface area contributed by atoms with Crippen molar-refractivity contribution in [3.8, 4) is 0 Å². The van der Waals surface area contributed by atoms with Gasteiger partial charge in [-0.05, 0) is 42.9 Å². The van der Waals surface area contributed by atoms with Crippen LogP contribution in [-0.2, 0) is 0 Å². The van der Waals surface area contributed by atoms with Crippen molar-refractivity contribution in [3.63, 3.8) is 0 Å². The minimum Gasteiger partial charge on any atom is -0.0998 e. The van der Waals surface area contributed by atoms with Crippen molar-refractivity contribution in [1.29, 1.82) is 0 Å². The second-order valence-corrected chi connectivity index (χ2v) is 9.52. The number of allylic oxidation sites excluding steroid dienone is 1. The van der Waals surface area contributed by atoms with Crippen LogP contribution in [0.15, 0.2) is 12.2 Å². The molecular formula is C22H43B. The zero-order valence-corrected chi connectivity index (χ0v) is 17.0. The molecule has 0 heterocycles. The molecule has 0 N–H and O–H groups in total. The third kappa shape index (κ3) is 16.4. The maximum absolute atomic E-state index is 5.62. The molecular weight excluding hydrogens is 275 g/mol. The Bertz CT molecular complexity index is 296. The molecule has 0 unspecified atom stereocenters. The summed E-state index contributed by atoms with van der Waals surface area (Å²) in [5, 5.41) is 0. The van der Waals surface area contributed by atoms with E-state index in [9.17, 15) is 0 Å². The fourth-order valence-electron chi connectivity index (χ4n) is 3.35. The molecule has 0 aliphatic heterocycles. The maximum atomic E-state index is 5.62. The van der Waals surface area contributed by atoms with Crippen molar-refractivity contribution in [2.45, 2.75) is 118 Å². The van der Waals surface area contributed by atoms with Gasteiger partial charge in [-0.2, -0.15) is 0 Å². The molecule has 134 valence electrons. The minimum absolute atomic E-state index is 0.378. The monoisotopic (exact) mass is 318 g/mol. The molecule has 0 aliphatic rings. The predicted octanol–water partition coefficient (Wildman–Crippen LogP) is 7.88. The highest BCUT2D eigenvalue weighted by Gasteiger charge is 2.17. The van der Waals surface area contributed by atoms with E-state index in [0.29, 0.717) is 10.8 Å². The molecule has 0 atom stereocenters. The number of hydrogen-bond donors (Lipinski definition) is 0. The highest BCUT2D eigenvalue weighted by Crippen LogP contribution is 2.32. The second kappa shape index (κ2) is 12.2. The van der Waals surface area contributed by atoms with Crippen molar-refractivity contribution in [3.05, 3.63) is 12.2 Å². The molecule has 23 heavy (non-hydrogen) atoms. The molecule has 0 aromatic carbocycles. The maximum Gasteiger partial charge on any atom is 0.0653 e. The quantitative estimate of drug-likeness (QED) is 0.173. The van der Waals surface area contributed by atoms with Gasteiger partial charge in [0, 0.05) is 0 Å². The molecule has 1 heteroatoms. The molecule has 0 aromatic rings. The van der Waals surface area contributed by atoms with Crippen LogP contribution in [0.3, 0.4) is 0 Å². The zero-order valence-electron chi connectivity index (χ0n) is 17.0. The normalized spacial score (nSPS) is 12.6. The SMILES string of the molecule is [B]CCCC(C)(C)CC(=C)CCCCCCCCCC(C)(C)C. The van der Waals surface area contributed by atoms with Gasteiger partial charge in [0.05, 0.1) is 7.85 Å². The molecule has 0 rings (SSSR count). The van der Waals surface area contributed by atoms with Crippen LogP contribution >= 0.6 is 0 Å². The summed E-state index contributed by atoms with van der Waals surface area (Å²) in [6.45, 7) is 16.0. The van der Waals surface area contributed by atoms with E-state index in [-0.39, 0.29) is 0 Å². The van der Waals surface area contributed by atoms with Crippen LogP contribution in [0.25, 0.3) is 0 Å². The van der Waals surface area contributed by atoms with Gasteiger partial charge in [0.2, 0.25) is 0 Å². The van der Waals surface area contributed by atoms with Crippen LogP contribution < -0.4 is 0 Å². The van der Waals surface area contributed by atoms with Crippen molar-refractivity contribution < 1.29 is 0 Å². The van der Waals surface area contributed by atoms with Gasteiger partial charge >= 0.3 is 0 Å². The molecule has 0 spiro atoms. The standard InChI is InChI=1S/C22H43B/c1-20(19-22(5,6)17-14-18-23)15-12-10-8-7-9-11-13-16-21(2,3)4/h1,7-19H2,2-6H3. The first-order chi connectivity index (χ1) is 10.7. The summed E-state index contributed by atoms with van der Waals surface area (Å²) in [6, 6.07) is 0. The molecule has 2 radical (unpaired) electrons. The summed E-state index contributed by atoms with van der Waals surface area (Å²) >= 11 is 0. The molecule has 0 aliphatic carbocycles. The highest BCUT2D eigenvalue weighted by molar-refractivity contribution is 6.08. The summed E-state index contributed by atoms with van der Waals surface area (Å²) < 4.78 is 0. The van der Waals surface area contributed by atoms with Gasteiger partial charge in [0.25, 0.3) is 0 Å². The smallest absolute Gasteiger partial charge is 0.0653 e. The Kier molecular flexibility index (Phi) is 12.1. The Morgan fingerprint density at radius 3 is 1.78 bits per heavy atom. The van der Waals surface area contributed by atoms with Crippen molar-refractivity contribution in [1.82, 2.24) is 0 Å². The topological polar surface area (TPSA) is 0 Å². The van der Waals surface area contributed by atoms with Gasteiger partial charge in [-0.1, -0.05) is 98.0 Å². The van der Waals surface area contributed by atoms with E-state index in [2.05, 4.69) is 41.2 Å². The van der Waals surface area contributed by atoms with E-state index in [4.69, 9.17) is 7.85 Å². The predicted molar refractivity (Wildman–Crippen MR) is 108 cm³/mol. The minimum atomic E-state index is 0.378. The van der Waals surface area contributed by atoms with Gasteiger partial charge in [0.15, 0.2) is 0 Å². The van der Waals surface area contributed by atoms with Gasteiger partial charge in [-0.15, -0.1) is 0 Å². The Morgan fingerprint density at radius 2 is 1.26 bits per heavy atom. The molecule has 0 saturated carbocycles. The lowest BCUT2D eigenvalue weighted by Crippen LogP contribution is -2.12. The Morgan fingerprint density at radius 1 is 0.739 bits per heavy atom. The molecule has 0 bridgehead atoms. The Labute approximate surface area is 149 Å². The Hall–Kier alpha value is -0.195. The largest absolute Gasteiger partial charge is 0.0998 e. The van der Waals surface area contributed by atoms with E-state index in [1.807, 2.05) is 0 Å². The van der Waals surface area contributed by atoms with Gasteiger partial charge in [-0.25, -0.2) is 0 Å². The highest BCUT2D eigenvalue weighted by atomic mass is 14.2. The van der Waals surface area contributed by atoms with Crippen molar-refractivity contribution >= 4 is 7.85 Å². The lowest BCUT2D eigenvalue weighted by Gasteiger charge is -2.25. The molecule has 0 aromatic heterocycles. The number of rotatable bonds is 14. The molecule has 0 amide bonds. The van der Waals surface area contributed by atoms with Crippen LogP contribution in [0.5, 0.6) is 0 Å². The van der Waals surface area contributed by atoms with E-state index in [1.54, 1.807) is 0 Å². The average molecular weight is 318 g/mol. The second-order valence-electron chi connectivity index (χ2n) is 9.52. The van der Waals surface area contributed by atoms with E-state index >= 15 is 0 Å². The number of hydrogen-bond acceptors (Lipinski definition) is 0. The fraction of sp³-hybridized carbons (Fsp3) is 0.909. The number of unbranched alkanes of at least 4 members (excludes halogenated alkanes) is 6. The van der Waals surface area contributed by atoms with Gasteiger partial charge < -0.3 is 0 Å². The van der Waals surface area contributed by atoms with Crippen LogP contribution in [0.4, 0.5) is 0 Å². The van der Waals surface area contributed by atoms with Crippen LogP contribution in [-0.4, -0.2) is 7.85 Å². The van der Waals surface area contributed by atoms with Crippen molar-refractivity contribution in [2.75, 3.05) is 0 Å². The average Bonchev–Trinajstić information content (AvgIpc) is 2.41. The summed E-state index contributed by atoms with van der Waals surface area (Å²) in [5.41, 5.74) is 2.33. The van der Waals surface area contributed by atoms with Crippen LogP contribution in [0, 0.1) is 10.8 Å². The third-order valence-corrected chi connectivity index (χ3v) is 4.74. The van der Waals surface area contributed by atoms with E-state index in [1.165, 1.54) is 76.2 Å². The zero-order chi connectivity index (χ0) is 17.8. The summed E-state index contributed by atoms with van der Waals surface area (Å²) in [4.78, 5) is 0. The summed E-state index contributed by atoms with van der Waals surface area (Å²) in [6.07, 6.45) is 16.7. The summed E-state index contributed by atoms with van der Waals surface area (Å²) in [7, 11) is 5.62. The fourth-order valence-corrected chi connectivity index (χ4v) is 3.35. The first-order valence-corrected chi connectivity index (χ1v) is 10.0. The lowest BCUT2D eigenvalue weighted by molar-refractivity contribution is 0.324. The third-order valence-electron chi connectivity index (χ3n) is 4.74. The lowest BCUT2D eigenvalue weighted by atomic mass is 9.79. The first kappa shape index (κ1) is 22.8. The van der Waals surface area contributed by atoms with Crippen LogP contribution in [0.2, 0.25) is 6.32 Å².